The van der Waals surface area contributed by atoms with Crippen molar-refractivity contribution in [3.05, 3.63) is 23.8 Å². The molecule has 0 aliphatic carbocycles. The van der Waals surface area contributed by atoms with Gasteiger partial charge < -0.3 is 20.1 Å². The lowest BCUT2D eigenvalue weighted by Crippen LogP contribution is -2.48. The smallest absolute Gasteiger partial charge is 0.166 e. The fourth-order valence-electron chi connectivity index (χ4n) is 2.78. The summed E-state index contributed by atoms with van der Waals surface area (Å²) in [7, 11) is 3.80. The van der Waals surface area contributed by atoms with Crippen LogP contribution in [0.4, 0.5) is 0 Å². The predicted octanol–water partition coefficient (Wildman–Crippen LogP) is 2.02. The van der Waals surface area contributed by atoms with Gasteiger partial charge in [0.25, 0.3) is 0 Å². The number of methoxy groups -OCH3 is 1. The number of likely N-dealkylation sites (tertiary alicyclic amines) is 1. The molecular formula is C15H24N2O2. The SMILES string of the molecule is COc1cccc(CN)c1OC1(C)CCCN(C)C1. The summed E-state index contributed by atoms with van der Waals surface area (Å²) >= 11 is 0. The molecule has 1 fully saturated rings. The van der Waals surface area contributed by atoms with Crippen LogP contribution in [0.15, 0.2) is 18.2 Å². The number of likely N-dealkylation sites (N-methyl/N-ethyl adjacent to an activating group) is 1. The van der Waals surface area contributed by atoms with Crippen LogP contribution in [-0.4, -0.2) is 37.7 Å². The summed E-state index contributed by atoms with van der Waals surface area (Å²) in [5.41, 5.74) is 6.62. The number of hydrogen-bond donors (Lipinski definition) is 1. The Labute approximate surface area is 115 Å². The van der Waals surface area contributed by atoms with Gasteiger partial charge in [-0.05, 0) is 39.4 Å². The Balaban J connectivity index is 2.26. The molecule has 0 aromatic heterocycles. The van der Waals surface area contributed by atoms with Crippen LogP contribution >= 0.6 is 0 Å². The second-order valence-corrected chi connectivity index (χ2v) is 5.55. The molecule has 1 heterocycles. The summed E-state index contributed by atoms with van der Waals surface area (Å²) in [5.74, 6) is 1.56. The van der Waals surface area contributed by atoms with E-state index in [0.717, 1.165) is 43.0 Å². The normalized spacial score (nSPS) is 24.2. The largest absolute Gasteiger partial charge is 0.493 e. The van der Waals surface area contributed by atoms with Crippen LogP contribution in [0.3, 0.4) is 0 Å². The van der Waals surface area contributed by atoms with Crippen molar-refractivity contribution in [2.24, 2.45) is 5.73 Å². The number of para-hydroxylation sites is 1. The van der Waals surface area contributed by atoms with Crippen molar-refractivity contribution >= 4 is 0 Å². The van der Waals surface area contributed by atoms with Crippen molar-refractivity contribution < 1.29 is 9.47 Å². The second-order valence-electron chi connectivity index (χ2n) is 5.55. The zero-order chi connectivity index (χ0) is 13.9. The lowest BCUT2D eigenvalue weighted by Gasteiger charge is -2.39. The molecule has 1 aliphatic heterocycles. The van der Waals surface area contributed by atoms with Gasteiger partial charge in [-0.15, -0.1) is 0 Å². The van der Waals surface area contributed by atoms with Gasteiger partial charge in [0.1, 0.15) is 5.60 Å². The first kappa shape index (κ1) is 14.2. The topological polar surface area (TPSA) is 47.7 Å². The van der Waals surface area contributed by atoms with Gasteiger partial charge >= 0.3 is 0 Å². The number of rotatable bonds is 4. The Kier molecular flexibility index (Phi) is 4.32. The highest BCUT2D eigenvalue weighted by molar-refractivity contribution is 5.47. The molecule has 0 spiro atoms. The van der Waals surface area contributed by atoms with Crippen molar-refractivity contribution in [2.75, 3.05) is 27.2 Å². The number of benzene rings is 1. The zero-order valence-corrected chi connectivity index (χ0v) is 12.1. The summed E-state index contributed by atoms with van der Waals surface area (Å²) in [6.45, 7) is 4.68. The molecule has 0 amide bonds. The van der Waals surface area contributed by atoms with Gasteiger partial charge in [-0.3, -0.25) is 0 Å². The fraction of sp³-hybridized carbons (Fsp3) is 0.600. The first-order chi connectivity index (χ1) is 9.08. The van der Waals surface area contributed by atoms with Crippen LogP contribution in [0.2, 0.25) is 0 Å². The minimum Gasteiger partial charge on any atom is -0.493 e. The molecule has 2 rings (SSSR count). The predicted molar refractivity (Wildman–Crippen MR) is 76.6 cm³/mol. The Morgan fingerprint density at radius 2 is 2.21 bits per heavy atom. The Morgan fingerprint density at radius 1 is 1.42 bits per heavy atom. The third-order valence-electron chi connectivity index (χ3n) is 3.70. The summed E-state index contributed by atoms with van der Waals surface area (Å²) in [4.78, 5) is 2.31. The minimum absolute atomic E-state index is 0.175. The number of nitrogens with two attached hydrogens (primary N) is 1. The highest BCUT2D eigenvalue weighted by Crippen LogP contribution is 2.36. The van der Waals surface area contributed by atoms with Gasteiger partial charge in [-0.25, -0.2) is 0 Å². The van der Waals surface area contributed by atoms with Crippen molar-refractivity contribution in [3.8, 4) is 11.5 Å². The van der Waals surface area contributed by atoms with E-state index in [0.29, 0.717) is 6.54 Å². The first-order valence-corrected chi connectivity index (χ1v) is 6.81. The van der Waals surface area contributed by atoms with Crippen LogP contribution in [0.1, 0.15) is 25.3 Å². The van der Waals surface area contributed by atoms with E-state index < -0.39 is 0 Å². The van der Waals surface area contributed by atoms with Gasteiger partial charge in [0.05, 0.1) is 7.11 Å². The highest BCUT2D eigenvalue weighted by atomic mass is 16.5. The molecular weight excluding hydrogens is 240 g/mol. The molecule has 0 radical (unpaired) electrons. The average molecular weight is 264 g/mol. The highest BCUT2D eigenvalue weighted by Gasteiger charge is 2.33. The van der Waals surface area contributed by atoms with E-state index in [1.165, 1.54) is 0 Å². The molecule has 0 bridgehead atoms. The van der Waals surface area contributed by atoms with E-state index in [1.54, 1.807) is 7.11 Å². The molecule has 1 saturated heterocycles. The molecule has 106 valence electrons. The van der Waals surface area contributed by atoms with Gasteiger partial charge in [0.15, 0.2) is 11.5 Å². The lowest BCUT2D eigenvalue weighted by molar-refractivity contribution is 0.0129. The minimum atomic E-state index is -0.175. The van der Waals surface area contributed by atoms with E-state index in [-0.39, 0.29) is 5.60 Å². The molecule has 2 N–H and O–H groups in total. The monoisotopic (exact) mass is 264 g/mol. The molecule has 4 nitrogen and oxygen atoms in total. The van der Waals surface area contributed by atoms with E-state index in [9.17, 15) is 0 Å². The van der Waals surface area contributed by atoms with Crippen LogP contribution in [-0.2, 0) is 6.54 Å². The molecule has 1 aliphatic rings. The van der Waals surface area contributed by atoms with Crippen LogP contribution < -0.4 is 15.2 Å². The molecule has 1 unspecified atom stereocenters. The molecule has 4 heteroatoms. The summed E-state index contributed by atoms with van der Waals surface area (Å²) in [6, 6.07) is 5.86. The maximum Gasteiger partial charge on any atom is 0.166 e. The second kappa shape index (κ2) is 5.80. The average Bonchev–Trinajstić information content (AvgIpc) is 2.38. The third kappa shape index (κ3) is 3.19. The summed E-state index contributed by atoms with van der Waals surface area (Å²) < 4.78 is 11.7. The van der Waals surface area contributed by atoms with Crippen molar-refractivity contribution in [1.82, 2.24) is 4.90 Å². The van der Waals surface area contributed by atoms with E-state index in [2.05, 4.69) is 18.9 Å². The number of piperidine rings is 1. The van der Waals surface area contributed by atoms with Gasteiger partial charge in [0, 0.05) is 18.7 Å². The molecule has 1 aromatic rings. The maximum atomic E-state index is 6.31. The Hall–Kier alpha value is -1.26. The molecule has 1 atom stereocenters. The van der Waals surface area contributed by atoms with Crippen molar-refractivity contribution in [2.45, 2.75) is 31.9 Å². The van der Waals surface area contributed by atoms with E-state index >= 15 is 0 Å². The summed E-state index contributed by atoms with van der Waals surface area (Å²) in [6.07, 6.45) is 2.21. The first-order valence-electron chi connectivity index (χ1n) is 6.81. The van der Waals surface area contributed by atoms with Crippen LogP contribution in [0, 0.1) is 0 Å². The van der Waals surface area contributed by atoms with Crippen LogP contribution in [0.5, 0.6) is 11.5 Å². The zero-order valence-electron chi connectivity index (χ0n) is 12.1. The lowest BCUT2D eigenvalue weighted by atomic mass is 9.95. The fourth-order valence-corrected chi connectivity index (χ4v) is 2.78. The van der Waals surface area contributed by atoms with Crippen molar-refractivity contribution in [3.63, 3.8) is 0 Å². The van der Waals surface area contributed by atoms with E-state index in [1.807, 2.05) is 18.2 Å². The van der Waals surface area contributed by atoms with Gasteiger partial charge in [-0.1, -0.05) is 12.1 Å². The van der Waals surface area contributed by atoms with Crippen molar-refractivity contribution in [1.29, 1.82) is 0 Å². The van der Waals surface area contributed by atoms with Crippen LogP contribution in [0.25, 0.3) is 0 Å². The standard InChI is InChI=1S/C15H24N2O2/c1-15(8-5-9-17(2)11-15)19-14-12(10-16)6-4-7-13(14)18-3/h4,6-7H,5,8-11,16H2,1-3H3. The van der Waals surface area contributed by atoms with Gasteiger partial charge in [0.2, 0.25) is 0 Å². The molecule has 19 heavy (non-hydrogen) atoms. The number of ether oxygens (including phenoxy) is 2. The third-order valence-corrected chi connectivity index (χ3v) is 3.70. The van der Waals surface area contributed by atoms with E-state index in [4.69, 9.17) is 15.2 Å². The summed E-state index contributed by atoms with van der Waals surface area (Å²) in [5, 5.41) is 0. The number of nitrogens with zero attached hydrogens (tertiary/aromatic N) is 1. The molecule has 0 saturated carbocycles. The Bertz CT molecular complexity index is 414. The molecule has 1 aromatic carbocycles. The maximum absolute atomic E-state index is 6.31. The van der Waals surface area contributed by atoms with Gasteiger partial charge in [-0.2, -0.15) is 0 Å². The number of hydrogen-bond acceptors (Lipinski definition) is 4. The quantitative estimate of drug-likeness (QED) is 0.904. The Morgan fingerprint density at radius 3 is 2.84 bits per heavy atom.